The summed E-state index contributed by atoms with van der Waals surface area (Å²) in [6, 6.07) is 7.08. The van der Waals surface area contributed by atoms with Crippen LogP contribution in [0, 0.1) is 0 Å². The van der Waals surface area contributed by atoms with Crippen molar-refractivity contribution in [2.45, 2.75) is 32.9 Å². The van der Waals surface area contributed by atoms with Gasteiger partial charge in [-0.25, -0.2) is 4.79 Å². The lowest BCUT2D eigenvalue weighted by Gasteiger charge is -2.17. The van der Waals surface area contributed by atoms with E-state index in [2.05, 4.69) is 4.90 Å². The zero-order chi connectivity index (χ0) is 14.3. The van der Waals surface area contributed by atoms with Crippen LogP contribution in [0.2, 0.25) is 0 Å². The molecule has 0 unspecified atom stereocenters. The van der Waals surface area contributed by atoms with E-state index in [0.717, 1.165) is 31.7 Å². The molecule has 0 atom stereocenters. The van der Waals surface area contributed by atoms with Crippen molar-refractivity contribution in [3.05, 3.63) is 35.4 Å². The van der Waals surface area contributed by atoms with Gasteiger partial charge in [-0.05, 0) is 45.0 Å². The second kappa shape index (κ2) is 7.92. The van der Waals surface area contributed by atoms with Crippen LogP contribution in [0.3, 0.4) is 0 Å². The fourth-order valence-electron chi connectivity index (χ4n) is 1.85. The molecule has 0 bridgehead atoms. The molecule has 0 amide bonds. The molecular weight excluding hydrogens is 242 g/mol. The number of hydrogen-bond acceptors (Lipinski definition) is 3. The van der Waals surface area contributed by atoms with Crippen molar-refractivity contribution in [3.8, 4) is 0 Å². The number of ether oxygens (including phenoxy) is 1. The number of carboxylic acid groups (broad SMARTS) is 1. The highest BCUT2D eigenvalue weighted by molar-refractivity contribution is 5.87. The van der Waals surface area contributed by atoms with Gasteiger partial charge in [0.15, 0.2) is 0 Å². The first-order chi connectivity index (χ1) is 8.99. The molecule has 19 heavy (non-hydrogen) atoms. The molecule has 0 saturated heterocycles. The van der Waals surface area contributed by atoms with Crippen molar-refractivity contribution in [3.63, 3.8) is 0 Å². The molecule has 0 fully saturated rings. The molecule has 1 aromatic carbocycles. The molecule has 0 aliphatic heterocycles. The molecule has 0 aliphatic carbocycles. The maximum atomic E-state index is 10.9. The Bertz CT molecular complexity index is 404. The quantitative estimate of drug-likeness (QED) is 0.734. The average molecular weight is 265 g/mol. The van der Waals surface area contributed by atoms with E-state index in [1.807, 2.05) is 27.0 Å². The van der Waals surface area contributed by atoms with Gasteiger partial charge >= 0.3 is 5.97 Å². The van der Waals surface area contributed by atoms with Crippen LogP contribution in [0.15, 0.2) is 24.3 Å². The number of benzene rings is 1. The summed E-state index contributed by atoms with van der Waals surface area (Å²) in [6.07, 6.45) is 1.25. The third-order valence-corrected chi connectivity index (χ3v) is 2.76. The van der Waals surface area contributed by atoms with Crippen molar-refractivity contribution in [1.82, 2.24) is 4.90 Å². The van der Waals surface area contributed by atoms with Crippen LogP contribution in [-0.4, -0.2) is 42.3 Å². The minimum Gasteiger partial charge on any atom is -0.478 e. The first kappa shape index (κ1) is 15.7. The molecule has 0 aromatic heterocycles. The fourth-order valence-corrected chi connectivity index (χ4v) is 1.85. The van der Waals surface area contributed by atoms with E-state index in [4.69, 9.17) is 9.84 Å². The zero-order valence-corrected chi connectivity index (χ0v) is 11.9. The number of aromatic carboxylic acids is 1. The molecule has 0 saturated carbocycles. The summed E-state index contributed by atoms with van der Waals surface area (Å²) in [7, 11) is 2.03. The smallest absolute Gasteiger partial charge is 0.335 e. The van der Waals surface area contributed by atoms with Crippen molar-refractivity contribution >= 4 is 5.97 Å². The Morgan fingerprint density at radius 1 is 1.42 bits per heavy atom. The van der Waals surface area contributed by atoms with Crippen LogP contribution in [0.5, 0.6) is 0 Å². The predicted molar refractivity (Wildman–Crippen MR) is 75.4 cm³/mol. The summed E-state index contributed by atoms with van der Waals surface area (Å²) in [6.45, 7) is 6.51. The van der Waals surface area contributed by atoms with Gasteiger partial charge in [-0.15, -0.1) is 0 Å². The Hall–Kier alpha value is -1.39. The van der Waals surface area contributed by atoms with Crippen LogP contribution in [0.25, 0.3) is 0 Å². The maximum absolute atomic E-state index is 10.9. The molecule has 0 radical (unpaired) electrons. The van der Waals surface area contributed by atoms with Gasteiger partial charge in [-0.1, -0.05) is 12.1 Å². The monoisotopic (exact) mass is 265 g/mol. The molecule has 0 aliphatic rings. The second-order valence-electron chi connectivity index (χ2n) is 5.02. The Kier molecular flexibility index (Phi) is 6.53. The summed E-state index contributed by atoms with van der Waals surface area (Å²) >= 11 is 0. The first-order valence-electron chi connectivity index (χ1n) is 6.61. The van der Waals surface area contributed by atoms with E-state index in [0.29, 0.717) is 5.56 Å². The molecule has 1 aromatic rings. The molecule has 1 N–H and O–H groups in total. The van der Waals surface area contributed by atoms with Gasteiger partial charge in [0, 0.05) is 19.7 Å². The first-order valence-corrected chi connectivity index (χ1v) is 6.61. The lowest BCUT2D eigenvalue weighted by molar-refractivity contribution is 0.0696. The summed E-state index contributed by atoms with van der Waals surface area (Å²) in [5.41, 5.74) is 1.36. The predicted octanol–water partition coefficient (Wildman–Crippen LogP) is 2.63. The number of rotatable bonds is 8. The Labute approximate surface area is 115 Å². The van der Waals surface area contributed by atoms with Gasteiger partial charge in [0.2, 0.25) is 0 Å². The molecule has 1 rings (SSSR count). The second-order valence-corrected chi connectivity index (χ2v) is 5.02. The van der Waals surface area contributed by atoms with E-state index in [9.17, 15) is 4.79 Å². The SMILES string of the molecule is CC(C)OCCCN(C)Cc1cccc(C(=O)O)c1. The molecular formula is C15H23NO3. The summed E-state index contributed by atoms with van der Waals surface area (Å²) in [5.74, 6) is -0.880. The molecule has 106 valence electrons. The highest BCUT2D eigenvalue weighted by Crippen LogP contribution is 2.08. The molecule has 0 spiro atoms. The van der Waals surface area contributed by atoms with Gasteiger partial charge in [0.25, 0.3) is 0 Å². The molecule has 4 nitrogen and oxygen atoms in total. The summed E-state index contributed by atoms with van der Waals surface area (Å²) in [5, 5.41) is 8.94. The van der Waals surface area contributed by atoms with E-state index < -0.39 is 5.97 Å². The van der Waals surface area contributed by atoms with E-state index >= 15 is 0 Å². The van der Waals surface area contributed by atoms with Gasteiger partial charge in [0.1, 0.15) is 0 Å². The van der Waals surface area contributed by atoms with Crippen LogP contribution < -0.4 is 0 Å². The van der Waals surface area contributed by atoms with Crippen LogP contribution in [0.4, 0.5) is 0 Å². The van der Waals surface area contributed by atoms with Crippen LogP contribution in [-0.2, 0) is 11.3 Å². The number of hydrogen-bond donors (Lipinski definition) is 1. The third kappa shape index (κ3) is 6.36. The van der Waals surface area contributed by atoms with Crippen molar-refractivity contribution in [1.29, 1.82) is 0 Å². The van der Waals surface area contributed by atoms with Gasteiger partial charge in [-0.3, -0.25) is 0 Å². The van der Waals surface area contributed by atoms with E-state index in [-0.39, 0.29) is 6.10 Å². The average Bonchev–Trinajstić information content (AvgIpc) is 2.34. The van der Waals surface area contributed by atoms with Crippen molar-refractivity contribution < 1.29 is 14.6 Å². The number of nitrogens with zero attached hydrogens (tertiary/aromatic N) is 1. The highest BCUT2D eigenvalue weighted by Gasteiger charge is 2.05. The number of carbonyl (C=O) groups is 1. The van der Waals surface area contributed by atoms with Gasteiger partial charge in [-0.2, -0.15) is 0 Å². The van der Waals surface area contributed by atoms with Crippen LogP contribution >= 0.6 is 0 Å². The topological polar surface area (TPSA) is 49.8 Å². The van der Waals surface area contributed by atoms with Gasteiger partial charge in [0.05, 0.1) is 11.7 Å². The third-order valence-electron chi connectivity index (χ3n) is 2.76. The van der Waals surface area contributed by atoms with Crippen molar-refractivity contribution in [2.24, 2.45) is 0 Å². The highest BCUT2D eigenvalue weighted by atomic mass is 16.5. The van der Waals surface area contributed by atoms with E-state index in [1.54, 1.807) is 18.2 Å². The standard InChI is InChI=1S/C15H23NO3/c1-12(2)19-9-5-8-16(3)11-13-6-4-7-14(10-13)15(17)18/h4,6-7,10,12H,5,8-9,11H2,1-3H3,(H,17,18). The fraction of sp³-hybridized carbons (Fsp3) is 0.533. The maximum Gasteiger partial charge on any atom is 0.335 e. The molecule has 0 heterocycles. The minimum absolute atomic E-state index is 0.276. The Morgan fingerprint density at radius 3 is 2.79 bits per heavy atom. The van der Waals surface area contributed by atoms with E-state index in [1.165, 1.54) is 0 Å². The van der Waals surface area contributed by atoms with Crippen LogP contribution in [0.1, 0.15) is 36.2 Å². The lowest BCUT2D eigenvalue weighted by Crippen LogP contribution is -2.21. The zero-order valence-electron chi connectivity index (χ0n) is 11.9. The molecule has 4 heteroatoms. The minimum atomic E-state index is -0.880. The Balaban J connectivity index is 2.37. The number of carboxylic acids is 1. The summed E-state index contributed by atoms with van der Waals surface area (Å²) < 4.78 is 5.49. The lowest BCUT2D eigenvalue weighted by atomic mass is 10.1. The van der Waals surface area contributed by atoms with Crippen molar-refractivity contribution in [2.75, 3.05) is 20.2 Å². The Morgan fingerprint density at radius 2 is 2.16 bits per heavy atom. The normalized spacial score (nSPS) is 11.2. The summed E-state index contributed by atoms with van der Waals surface area (Å²) in [4.78, 5) is 13.1. The van der Waals surface area contributed by atoms with Gasteiger partial charge < -0.3 is 14.7 Å². The largest absolute Gasteiger partial charge is 0.478 e.